The van der Waals surface area contributed by atoms with Gasteiger partial charge in [0.25, 0.3) is 0 Å². The molecule has 0 aliphatic rings. The number of ether oxygens (including phenoxy) is 2. The topological polar surface area (TPSA) is 18.5 Å². The Bertz CT molecular complexity index is 430. The normalized spacial score (nSPS) is 18.3. The molecule has 7 unspecified atom stereocenters. The van der Waals surface area contributed by atoms with Gasteiger partial charge in [0.15, 0.2) is 0 Å². The van der Waals surface area contributed by atoms with Gasteiger partial charge in [-0.15, -0.1) is 11.6 Å². The van der Waals surface area contributed by atoms with E-state index in [0.717, 1.165) is 73.4 Å². The first kappa shape index (κ1) is 34.2. The van der Waals surface area contributed by atoms with Crippen LogP contribution in [0.25, 0.3) is 0 Å². The maximum absolute atomic E-state index is 5.86. The highest BCUT2D eigenvalue weighted by molar-refractivity contribution is 6.17. The lowest BCUT2D eigenvalue weighted by atomic mass is 9.80. The van der Waals surface area contributed by atoms with Crippen molar-refractivity contribution >= 4 is 11.6 Å². The molecule has 0 fully saturated rings. The molecule has 3 heteroatoms. The summed E-state index contributed by atoms with van der Waals surface area (Å²) in [5.74, 6) is 6.60. The van der Waals surface area contributed by atoms with Gasteiger partial charge in [-0.1, -0.05) is 61.8 Å². The Balaban J connectivity index is 3.94. The number of hydrogen-bond donors (Lipinski definition) is 0. The number of alkyl halides is 1. The standard InChI is InChI=1S/C31H63ClO2/c1-9-10-16-33-24-34-17-12-14-26(3)19-28(5)21-30(7)23-31(8)22-29(6)20-27(4)18-25(2)13-11-15-32/h25-31H,9-24H2,1-8H3. The van der Waals surface area contributed by atoms with Crippen LogP contribution in [0.1, 0.15) is 132 Å². The minimum absolute atomic E-state index is 0.464. The van der Waals surface area contributed by atoms with E-state index < -0.39 is 0 Å². The minimum atomic E-state index is 0.464. The van der Waals surface area contributed by atoms with Crippen molar-refractivity contribution in [1.82, 2.24) is 0 Å². The summed E-state index contributed by atoms with van der Waals surface area (Å²) in [6.07, 6.45) is 15.4. The van der Waals surface area contributed by atoms with Crippen LogP contribution in [0.15, 0.2) is 0 Å². The first-order valence-corrected chi connectivity index (χ1v) is 15.4. The second-order valence-electron chi connectivity index (χ2n) is 12.4. The van der Waals surface area contributed by atoms with E-state index in [-0.39, 0.29) is 0 Å². The SMILES string of the molecule is CCCCOCOCCCC(C)CC(C)CC(C)CC(C)CC(C)CC(C)CC(C)CCCCl. The quantitative estimate of drug-likeness (QED) is 0.0741. The Labute approximate surface area is 220 Å². The fourth-order valence-corrected chi connectivity index (χ4v) is 6.38. The highest BCUT2D eigenvalue weighted by Gasteiger charge is 2.18. The van der Waals surface area contributed by atoms with Crippen LogP contribution in [0.2, 0.25) is 0 Å². The third-order valence-corrected chi connectivity index (χ3v) is 7.72. The molecule has 0 saturated heterocycles. The van der Waals surface area contributed by atoms with Crippen LogP contribution >= 0.6 is 11.6 Å². The van der Waals surface area contributed by atoms with E-state index in [2.05, 4.69) is 55.4 Å². The molecular weight excluding hydrogens is 440 g/mol. The molecule has 0 rings (SSSR count). The lowest BCUT2D eigenvalue weighted by Crippen LogP contribution is -2.14. The first-order chi connectivity index (χ1) is 16.2. The zero-order valence-corrected chi connectivity index (χ0v) is 25.3. The highest BCUT2D eigenvalue weighted by atomic mass is 35.5. The van der Waals surface area contributed by atoms with E-state index in [9.17, 15) is 0 Å². The number of hydrogen-bond acceptors (Lipinski definition) is 2. The summed E-state index contributed by atoms with van der Waals surface area (Å²) in [5.41, 5.74) is 0. The average Bonchev–Trinajstić information content (AvgIpc) is 2.73. The molecule has 0 radical (unpaired) electrons. The van der Waals surface area contributed by atoms with Gasteiger partial charge in [-0.3, -0.25) is 0 Å². The van der Waals surface area contributed by atoms with Crippen molar-refractivity contribution in [2.45, 2.75) is 132 Å². The number of unbranched alkanes of at least 4 members (excludes halogenated alkanes) is 1. The van der Waals surface area contributed by atoms with E-state index in [4.69, 9.17) is 21.1 Å². The Hall–Kier alpha value is 0.210. The molecular formula is C31H63ClO2. The molecule has 0 heterocycles. The molecule has 2 nitrogen and oxygen atoms in total. The number of halogens is 1. The van der Waals surface area contributed by atoms with Crippen LogP contribution in [-0.4, -0.2) is 25.9 Å². The van der Waals surface area contributed by atoms with Gasteiger partial charge in [0, 0.05) is 19.1 Å². The van der Waals surface area contributed by atoms with E-state index in [0.29, 0.717) is 6.79 Å². The molecule has 0 aliphatic heterocycles. The lowest BCUT2D eigenvalue weighted by Gasteiger charge is -2.26. The fourth-order valence-electron chi connectivity index (χ4n) is 6.22. The van der Waals surface area contributed by atoms with Gasteiger partial charge >= 0.3 is 0 Å². The van der Waals surface area contributed by atoms with Crippen molar-refractivity contribution in [3.05, 3.63) is 0 Å². The van der Waals surface area contributed by atoms with Crippen molar-refractivity contribution in [1.29, 1.82) is 0 Å². The zero-order chi connectivity index (χ0) is 25.8. The van der Waals surface area contributed by atoms with Crippen molar-refractivity contribution in [3.8, 4) is 0 Å². The van der Waals surface area contributed by atoms with Crippen LogP contribution in [0.4, 0.5) is 0 Å². The summed E-state index contributed by atoms with van der Waals surface area (Å²) < 4.78 is 11.1. The largest absolute Gasteiger partial charge is 0.355 e. The van der Waals surface area contributed by atoms with Crippen LogP contribution in [0, 0.1) is 41.4 Å². The molecule has 206 valence electrons. The molecule has 0 saturated carbocycles. The van der Waals surface area contributed by atoms with E-state index in [1.807, 2.05) is 0 Å². The van der Waals surface area contributed by atoms with Crippen LogP contribution < -0.4 is 0 Å². The van der Waals surface area contributed by atoms with Gasteiger partial charge in [0.2, 0.25) is 0 Å². The Morgan fingerprint density at radius 2 is 0.853 bits per heavy atom. The van der Waals surface area contributed by atoms with Crippen LogP contribution in [-0.2, 0) is 9.47 Å². The van der Waals surface area contributed by atoms with Gasteiger partial charge in [-0.05, 0) is 112 Å². The predicted octanol–water partition coefficient (Wildman–Crippen LogP) is 10.4. The molecule has 0 spiro atoms. The third-order valence-electron chi connectivity index (χ3n) is 7.45. The monoisotopic (exact) mass is 502 g/mol. The third kappa shape index (κ3) is 21.5. The summed E-state index contributed by atoms with van der Waals surface area (Å²) in [7, 11) is 0. The molecule has 0 N–H and O–H groups in total. The summed E-state index contributed by atoms with van der Waals surface area (Å²) >= 11 is 5.86. The number of rotatable bonds is 24. The molecule has 7 atom stereocenters. The van der Waals surface area contributed by atoms with Gasteiger partial charge in [0.1, 0.15) is 6.79 Å². The Morgan fingerprint density at radius 1 is 0.500 bits per heavy atom. The lowest BCUT2D eigenvalue weighted by molar-refractivity contribution is -0.0558. The Morgan fingerprint density at radius 3 is 1.24 bits per heavy atom. The molecule has 0 aromatic rings. The van der Waals surface area contributed by atoms with Crippen LogP contribution in [0.3, 0.4) is 0 Å². The van der Waals surface area contributed by atoms with Crippen molar-refractivity contribution in [2.75, 3.05) is 25.9 Å². The van der Waals surface area contributed by atoms with Crippen molar-refractivity contribution in [2.24, 2.45) is 41.4 Å². The smallest absolute Gasteiger partial charge is 0.146 e. The second kappa shape index (κ2) is 22.4. The molecule has 0 aromatic carbocycles. The summed E-state index contributed by atoms with van der Waals surface area (Å²) in [4.78, 5) is 0. The highest BCUT2D eigenvalue weighted by Crippen LogP contribution is 2.30. The van der Waals surface area contributed by atoms with Gasteiger partial charge in [-0.2, -0.15) is 0 Å². The van der Waals surface area contributed by atoms with Crippen LogP contribution in [0.5, 0.6) is 0 Å². The fraction of sp³-hybridized carbons (Fsp3) is 1.00. The molecule has 0 amide bonds. The maximum atomic E-state index is 5.86. The van der Waals surface area contributed by atoms with Gasteiger partial charge in [0.05, 0.1) is 0 Å². The molecule has 34 heavy (non-hydrogen) atoms. The Kier molecular flexibility index (Phi) is 22.5. The van der Waals surface area contributed by atoms with E-state index in [1.165, 1.54) is 64.2 Å². The molecule has 0 bridgehead atoms. The molecule has 0 aliphatic carbocycles. The van der Waals surface area contributed by atoms with Gasteiger partial charge < -0.3 is 9.47 Å². The molecule has 0 aromatic heterocycles. The van der Waals surface area contributed by atoms with Crippen molar-refractivity contribution in [3.63, 3.8) is 0 Å². The van der Waals surface area contributed by atoms with E-state index >= 15 is 0 Å². The average molecular weight is 503 g/mol. The summed E-state index contributed by atoms with van der Waals surface area (Å²) in [6.45, 7) is 21.5. The zero-order valence-electron chi connectivity index (χ0n) is 24.5. The minimum Gasteiger partial charge on any atom is -0.355 e. The summed E-state index contributed by atoms with van der Waals surface area (Å²) in [6, 6.07) is 0. The second-order valence-corrected chi connectivity index (χ2v) is 12.8. The van der Waals surface area contributed by atoms with Gasteiger partial charge in [-0.25, -0.2) is 0 Å². The summed E-state index contributed by atoms with van der Waals surface area (Å²) in [5, 5.41) is 0. The maximum Gasteiger partial charge on any atom is 0.146 e. The first-order valence-electron chi connectivity index (χ1n) is 14.9. The van der Waals surface area contributed by atoms with Crippen molar-refractivity contribution < 1.29 is 9.47 Å². The predicted molar refractivity (Wildman–Crippen MR) is 153 cm³/mol. The van der Waals surface area contributed by atoms with E-state index in [1.54, 1.807) is 0 Å².